The molecule has 0 N–H and O–H groups in total. The van der Waals surface area contributed by atoms with Crippen molar-refractivity contribution in [1.82, 2.24) is 14.2 Å². The second-order valence-electron chi connectivity index (χ2n) is 11.3. The highest BCUT2D eigenvalue weighted by molar-refractivity contribution is 7.89. The van der Waals surface area contributed by atoms with E-state index in [0.29, 0.717) is 17.1 Å². The van der Waals surface area contributed by atoms with Crippen molar-refractivity contribution in [3.8, 4) is 0 Å². The van der Waals surface area contributed by atoms with E-state index >= 15 is 0 Å². The van der Waals surface area contributed by atoms with E-state index < -0.39 is 20.8 Å². The highest BCUT2D eigenvalue weighted by Crippen LogP contribution is 2.45. The molecule has 2 atom stereocenters. The van der Waals surface area contributed by atoms with Gasteiger partial charge < -0.3 is 4.90 Å². The molecule has 4 aromatic rings. The lowest BCUT2D eigenvalue weighted by Gasteiger charge is -2.40. The summed E-state index contributed by atoms with van der Waals surface area (Å²) < 4.78 is 41.8. The summed E-state index contributed by atoms with van der Waals surface area (Å²) in [6, 6.07) is 24.9. The number of benzene rings is 3. The summed E-state index contributed by atoms with van der Waals surface area (Å²) in [5.74, 6) is 0.713. The monoisotopic (exact) mass is 607 g/mol. The Bertz CT molecular complexity index is 1680. The van der Waals surface area contributed by atoms with Crippen LogP contribution in [-0.4, -0.2) is 65.8 Å². The zero-order valence-electron chi connectivity index (χ0n) is 23.1. The maximum Gasteiger partial charge on any atom is 0.245 e. The Balaban J connectivity index is 1.17. The number of pyridine rings is 1. The van der Waals surface area contributed by atoms with E-state index in [1.165, 1.54) is 9.87 Å². The van der Waals surface area contributed by atoms with Gasteiger partial charge in [-0.2, -0.15) is 0 Å². The zero-order valence-corrected chi connectivity index (χ0v) is 25.5. The number of halogens is 1. The minimum Gasteiger partial charge on any atom is -0.303 e. The number of para-hydroxylation sites is 1. The van der Waals surface area contributed by atoms with Crippen molar-refractivity contribution in [3.05, 3.63) is 101 Å². The Morgan fingerprint density at radius 1 is 1.00 bits per heavy atom. The van der Waals surface area contributed by atoms with Crippen LogP contribution in [0.1, 0.15) is 36.3 Å². The summed E-state index contributed by atoms with van der Waals surface area (Å²) >= 11 is 6.19. The Labute approximate surface area is 249 Å². The summed E-state index contributed by atoms with van der Waals surface area (Å²) in [5.41, 5.74) is 2.84. The lowest BCUT2D eigenvalue weighted by atomic mass is 9.74. The Morgan fingerprint density at radius 3 is 2.51 bits per heavy atom. The lowest BCUT2D eigenvalue weighted by molar-refractivity contribution is 0.165. The number of sulfonamides is 1. The summed E-state index contributed by atoms with van der Waals surface area (Å²) in [6.07, 6.45) is 4.42. The predicted octanol–water partition coefficient (Wildman–Crippen LogP) is 5.84. The van der Waals surface area contributed by atoms with Gasteiger partial charge in [0, 0.05) is 46.3 Å². The fourth-order valence-electron chi connectivity index (χ4n) is 6.43. The van der Waals surface area contributed by atoms with Gasteiger partial charge in [-0.1, -0.05) is 60.1 Å². The molecule has 2 aliphatic heterocycles. The fourth-order valence-corrected chi connectivity index (χ4v) is 9.79. The first-order chi connectivity index (χ1) is 19.8. The first-order valence-electron chi connectivity index (χ1n) is 14.0. The first kappa shape index (κ1) is 28.5. The van der Waals surface area contributed by atoms with Crippen LogP contribution in [0.4, 0.5) is 0 Å². The maximum atomic E-state index is 13.8. The average molecular weight is 608 g/mol. The molecule has 41 heavy (non-hydrogen) atoms. The second-order valence-corrected chi connectivity index (χ2v) is 15.1. The number of nitrogens with zero attached hydrogens (tertiary/aromatic N) is 3. The van der Waals surface area contributed by atoms with E-state index in [0.717, 1.165) is 60.5 Å². The third-order valence-corrected chi connectivity index (χ3v) is 12.6. The highest BCUT2D eigenvalue weighted by Gasteiger charge is 2.44. The first-order valence-corrected chi connectivity index (χ1v) is 17.2. The predicted molar refractivity (Wildman–Crippen MR) is 165 cm³/mol. The van der Waals surface area contributed by atoms with Crippen LogP contribution in [0.5, 0.6) is 0 Å². The van der Waals surface area contributed by atoms with Gasteiger partial charge in [-0.25, -0.2) is 12.7 Å². The summed E-state index contributed by atoms with van der Waals surface area (Å²) in [7, 11) is -3.03. The summed E-state index contributed by atoms with van der Waals surface area (Å²) in [5, 5.41) is 1.46. The standard InChI is InChI=1S/C32H34ClN3O3S2/c1-35(41(38,39)30-10-4-6-25-7-5-18-34-31(25)30)22-26(24-11-13-27(33)14-12-24)15-19-36-20-16-32(17-21-36)23-40(37)29-9-3-2-8-28(29)32/h2-14,18,26H,15-17,19-23H2,1H3. The highest BCUT2D eigenvalue weighted by atomic mass is 35.5. The molecule has 9 heteroatoms. The number of hydrogen-bond acceptors (Lipinski definition) is 5. The summed E-state index contributed by atoms with van der Waals surface area (Å²) in [6.45, 7) is 3.08. The number of hydrogen-bond donors (Lipinski definition) is 0. The van der Waals surface area contributed by atoms with Crippen LogP contribution in [0.25, 0.3) is 10.9 Å². The maximum absolute atomic E-state index is 13.8. The molecule has 1 saturated heterocycles. The van der Waals surface area contributed by atoms with Gasteiger partial charge in [0.25, 0.3) is 0 Å². The third-order valence-electron chi connectivity index (χ3n) is 8.82. The molecule has 6 nitrogen and oxygen atoms in total. The molecule has 214 valence electrons. The molecule has 0 radical (unpaired) electrons. The number of rotatable bonds is 8. The quantitative estimate of drug-likeness (QED) is 0.252. The van der Waals surface area contributed by atoms with Crippen LogP contribution in [0.3, 0.4) is 0 Å². The molecule has 0 bridgehead atoms. The largest absolute Gasteiger partial charge is 0.303 e. The van der Waals surface area contributed by atoms with E-state index in [-0.39, 0.29) is 16.2 Å². The van der Waals surface area contributed by atoms with E-state index in [9.17, 15) is 12.6 Å². The minimum absolute atomic E-state index is 0.00826. The van der Waals surface area contributed by atoms with Crippen molar-refractivity contribution in [2.75, 3.05) is 39.0 Å². The molecule has 1 aromatic heterocycles. The van der Waals surface area contributed by atoms with Gasteiger partial charge in [0.05, 0.1) is 16.3 Å². The van der Waals surface area contributed by atoms with Crippen LogP contribution in [0.15, 0.2) is 94.9 Å². The van der Waals surface area contributed by atoms with Gasteiger partial charge in [0.1, 0.15) is 4.90 Å². The van der Waals surface area contributed by atoms with E-state index in [4.69, 9.17) is 11.6 Å². The Hall–Kier alpha value is -2.62. The van der Waals surface area contributed by atoms with E-state index in [1.54, 1.807) is 25.4 Å². The average Bonchev–Trinajstić information content (AvgIpc) is 3.26. The molecular weight excluding hydrogens is 574 g/mol. The van der Waals surface area contributed by atoms with Crippen molar-refractivity contribution in [2.24, 2.45) is 0 Å². The number of likely N-dealkylation sites (tertiary alicyclic amines) is 1. The normalized spacial score (nSPS) is 19.5. The van der Waals surface area contributed by atoms with Crippen LogP contribution in [0, 0.1) is 0 Å². The van der Waals surface area contributed by atoms with E-state index in [2.05, 4.69) is 22.0 Å². The Kier molecular flexibility index (Phi) is 8.04. The van der Waals surface area contributed by atoms with Crippen molar-refractivity contribution < 1.29 is 12.6 Å². The third kappa shape index (κ3) is 5.60. The van der Waals surface area contributed by atoms with Crippen molar-refractivity contribution >= 4 is 43.3 Å². The lowest BCUT2D eigenvalue weighted by Crippen LogP contribution is -2.44. The molecule has 1 spiro atoms. The van der Waals surface area contributed by atoms with Crippen molar-refractivity contribution in [2.45, 2.75) is 40.4 Å². The zero-order chi connectivity index (χ0) is 28.6. The molecule has 0 aliphatic carbocycles. The van der Waals surface area contributed by atoms with Crippen LogP contribution in [-0.2, 0) is 26.2 Å². The fraction of sp³-hybridized carbons (Fsp3) is 0.344. The number of likely N-dealkylation sites (N-methyl/N-ethyl adjacent to an activating group) is 1. The molecule has 2 unspecified atom stereocenters. The molecule has 3 aromatic carbocycles. The van der Waals surface area contributed by atoms with Crippen LogP contribution in [0.2, 0.25) is 5.02 Å². The molecule has 1 fully saturated rings. The van der Waals surface area contributed by atoms with Gasteiger partial charge in [-0.3, -0.25) is 9.19 Å². The molecule has 2 aliphatic rings. The molecule has 3 heterocycles. The van der Waals surface area contributed by atoms with Crippen molar-refractivity contribution in [3.63, 3.8) is 0 Å². The van der Waals surface area contributed by atoms with Gasteiger partial charge in [-0.05, 0) is 86.3 Å². The number of fused-ring (bicyclic) bond motifs is 3. The van der Waals surface area contributed by atoms with Gasteiger partial charge in [0.15, 0.2) is 0 Å². The van der Waals surface area contributed by atoms with E-state index in [1.807, 2.05) is 54.6 Å². The second kappa shape index (κ2) is 11.6. The molecule has 0 amide bonds. The van der Waals surface area contributed by atoms with Gasteiger partial charge in [-0.15, -0.1) is 0 Å². The minimum atomic E-state index is -3.77. The number of aromatic nitrogens is 1. The van der Waals surface area contributed by atoms with Crippen LogP contribution < -0.4 is 0 Å². The molecular formula is C32H34ClN3O3S2. The van der Waals surface area contributed by atoms with Crippen LogP contribution >= 0.6 is 11.6 Å². The smallest absolute Gasteiger partial charge is 0.245 e. The van der Waals surface area contributed by atoms with Gasteiger partial charge >= 0.3 is 0 Å². The number of piperidine rings is 1. The SMILES string of the molecule is CN(CC(CCN1CCC2(CC1)CS(=O)c1ccccc12)c1ccc(Cl)cc1)S(=O)(=O)c1cccc2cccnc12. The Morgan fingerprint density at radius 2 is 1.73 bits per heavy atom. The molecule has 0 saturated carbocycles. The van der Waals surface area contributed by atoms with Gasteiger partial charge in [0.2, 0.25) is 10.0 Å². The topological polar surface area (TPSA) is 70.6 Å². The summed E-state index contributed by atoms with van der Waals surface area (Å²) in [4.78, 5) is 8.08. The van der Waals surface area contributed by atoms with Crippen molar-refractivity contribution in [1.29, 1.82) is 0 Å². The molecule has 6 rings (SSSR count).